The van der Waals surface area contributed by atoms with Crippen LogP contribution in [-0.2, 0) is 0 Å². The van der Waals surface area contributed by atoms with Gasteiger partial charge in [0.25, 0.3) is 5.91 Å². The largest absolute Gasteiger partial charge is 0.350 e. The topological polar surface area (TPSA) is 36.1 Å². The zero-order valence-electron chi connectivity index (χ0n) is 12.1. The Kier molecular flexibility index (Phi) is 3.43. The van der Waals surface area contributed by atoms with Gasteiger partial charge < -0.3 is 9.88 Å². The van der Waals surface area contributed by atoms with E-state index in [9.17, 15) is 13.6 Å². The highest BCUT2D eigenvalue weighted by Gasteiger charge is 2.26. The third-order valence-corrected chi connectivity index (χ3v) is 6.57. The van der Waals surface area contributed by atoms with Crippen molar-refractivity contribution in [3.8, 4) is 0 Å². The Bertz CT molecular complexity index is 701. The molecule has 21 heavy (non-hydrogen) atoms. The molecule has 1 aliphatic heterocycles. The quantitative estimate of drug-likeness (QED) is 0.863. The van der Waals surface area contributed by atoms with Crippen molar-refractivity contribution in [2.24, 2.45) is 0 Å². The van der Waals surface area contributed by atoms with E-state index < -0.39 is 21.7 Å². The molecule has 1 N–H and O–H groups in total. The minimum atomic E-state index is -0.649. The van der Waals surface area contributed by atoms with E-state index in [1.165, 1.54) is 12.1 Å². The molecule has 0 saturated carbocycles. The van der Waals surface area contributed by atoms with Gasteiger partial charge in [-0.2, -0.15) is 0 Å². The lowest BCUT2D eigenvalue weighted by Gasteiger charge is -2.40. The standard InChI is InChI=1S/C15H18F2N2OS/c1-21(2)5-3-19(4-6-21)15(20)14-9-11-12(17)7-10(16)8-13(11)18-14/h7-9,18H,3-6H2,1-2H3. The molecular formula is C15H18F2N2OS. The van der Waals surface area contributed by atoms with Gasteiger partial charge in [0.05, 0.1) is 5.52 Å². The molecule has 0 spiro atoms. The van der Waals surface area contributed by atoms with Gasteiger partial charge in [-0.05, 0) is 36.1 Å². The van der Waals surface area contributed by atoms with Crippen LogP contribution >= 0.6 is 10.0 Å². The summed E-state index contributed by atoms with van der Waals surface area (Å²) in [7, 11) is -0.582. The third-order valence-electron chi connectivity index (χ3n) is 4.00. The van der Waals surface area contributed by atoms with E-state index in [0.717, 1.165) is 30.7 Å². The Morgan fingerprint density at radius 1 is 1.19 bits per heavy atom. The maximum Gasteiger partial charge on any atom is 0.270 e. The van der Waals surface area contributed by atoms with Gasteiger partial charge >= 0.3 is 0 Å². The molecule has 0 atom stereocenters. The SMILES string of the molecule is CS1(C)CCN(C(=O)c2cc3c(F)cc(F)cc3[nH]2)CC1. The first-order valence-electron chi connectivity index (χ1n) is 6.81. The van der Waals surface area contributed by atoms with E-state index in [1.54, 1.807) is 4.90 Å². The second kappa shape index (κ2) is 5.02. The number of fused-ring (bicyclic) bond motifs is 1. The number of nitrogens with one attached hydrogen (secondary N) is 1. The van der Waals surface area contributed by atoms with Crippen molar-refractivity contribution in [2.75, 3.05) is 37.1 Å². The molecule has 1 aromatic carbocycles. The van der Waals surface area contributed by atoms with Gasteiger partial charge in [-0.3, -0.25) is 4.79 Å². The van der Waals surface area contributed by atoms with E-state index in [4.69, 9.17) is 0 Å². The summed E-state index contributed by atoms with van der Waals surface area (Å²) >= 11 is 0. The number of hydrogen-bond acceptors (Lipinski definition) is 1. The van der Waals surface area contributed by atoms with Crippen LogP contribution in [0.4, 0.5) is 8.78 Å². The molecule has 2 heterocycles. The number of carbonyl (C=O) groups excluding carboxylic acids is 1. The Balaban J connectivity index is 1.87. The van der Waals surface area contributed by atoms with Crippen molar-refractivity contribution in [3.05, 3.63) is 35.5 Å². The van der Waals surface area contributed by atoms with Gasteiger partial charge in [0.15, 0.2) is 0 Å². The molecule has 2 aromatic rings. The first-order chi connectivity index (χ1) is 9.85. The summed E-state index contributed by atoms with van der Waals surface area (Å²) in [5.41, 5.74) is 0.642. The molecule has 0 unspecified atom stereocenters. The van der Waals surface area contributed by atoms with E-state index >= 15 is 0 Å². The summed E-state index contributed by atoms with van der Waals surface area (Å²) in [5, 5.41) is 0.253. The molecule has 1 fully saturated rings. The molecule has 3 rings (SSSR count). The predicted octanol–water partition coefficient (Wildman–Crippen LogP) is 2.97. The smallest absolute Gasteiger partial charge is 0.270 e. The number of H-pyrrole nitrogens is 1. The second-order valence-corrected chi connectivity index (χ2v) is 10.4. The Labute approximate surface area is 123 Å². The first kappa shape index (κ1) is 14.4. The van der Waals surface area contributed by atoms with Crippen molar-refractivity contribution < 1.29 is 13.6 Å². The lowest BCUT2D eigenvalue weighted by Crippen LogP contribution is -2.42. The van der Waals surface area contributed by atoms with Crippen LogP contribution in [0.3, 0.4) is 0 Å². The van der Waals surface area contributed by atoms with E-state index in [2.05, 4.69) is 17.5 Å². The average molecular weight is 312 g/mol. The lowest BCUT2D eigenvalue weighted by molar-refractivity contribution is 0.0766. The molecule has 3 nitrogen and oxygen atoms in total. The fraction of sp³-hybridized carbons (Fsp3) is 0.400. The summed E-state index contributed by atoms with van der Waals surface area (Å²) < 4.78 is 26.9. The van der Waals surface area contributed by atoms with Crippen molar-refractivity contribution in [3.63, 3.8) is 0 Å². The van der Waals surface area contributed by atoms with Crippen LogP contribution in [0.5, 0.6) is 0 Å². The van der Waals surface area contributed by atoms with E-state index in [1.807, 2.05) is 0 Å². The molecule has 1 amide bonds. The molecule has 0 radical (unpaired) electrons. The maximum absolute atomic E-state index is 13.7. The Morgan fingerprint density at radius 3 is 2.52 bits per heavy atom. The van der Waals surface area contributed by atoms with Crippen LogP contribution in [-0.4, -0.2) is 52.9 Å². The number of halogens is 2. The number of aromatic nitrogens is 1. The summed E-state index contributed by atoms with van der Waals surface area (Å²) in [6, 6.07) is 3.51. The van der Waals surface area contributed by atoms with Gasteiger partial charge in [0.2, 0.25) is 0 Å². The van der Waals surface area contributed by atoms with Crippen LogP contribution in [0, 0.1) is 11.6 Å². The number of rotatable bonds is 1. The van der Waals surface area contributed by atoms with Crippen LogP contribution in [0.2, 0.25) is 0 Å². The highest BCUT2D eigenvalue weighted by molar-refractivity contribution is 8.32. The number of nitrogens with zero attached hydrogens (tertiary/aromatic N) is 1. The van der Waals surface area contributed by atoms with Gasteiger partial charge in [-0.1, -0.05) is 0 Å². The Hall–Kier alpha value is -1.56. The van der Waals surface area contributed by atoms with Crippen LogP contribution < -0.4 is 0 Å². The molecule has 1 aromatic heterocycles. The van der Waals surface area contributed by atoms with Crippen molar-refractivity contribution >= 4 is 26.8 Å². The number of hydrogen-bond donors (Lipinski definition) is 1. The van der Waals surface area contributed by atoms with Gasteiger partial charge in [0, 0.05) is 24.5 Å². The van der Waals surface area contributed by atoms with Gasteiger partial charge in [0.1, 0.15) is 17.3 Å². The summed E-state index contributed by atoms with van der Waals surface area (Å²) in [5.74, 6) is 0.624. The van der Waals surface area contributed by atoms with E-state index in [0.29, 0.717) is 11.2 Å². The van der Waals surface area contributed by atoms with Crippen molar-refractivity contribution in [1.29, 1.82) is 0 Å². The van der Waals surface area contributed by atoms with Crippen LogP contribution in [0.1, 0.15) is 10.5 Å². The first-order valence-corrected chi connectivity index (χ1v) is 9.60. The number of aromatic amines is 1. The number of amides is 1. The molecule has 1 aliphatic rings. The van der Waals surface area contributed by atoms with Crippen molar-refractivity contribution in [1.82, 2.24) is 9.88 Å². The maximum atomic E-state index is 13.7. The van der Waals surface area contributed by atoms with Gasteiger partial charge in [-0.15, -0.1) is 0 Å². The van der Waals surface area contributed by atoms with E-state index in [-0.39, 0.29) is 11.3 Å². The summed E-state index contributed by atoms with van der Waals surface area (Å²) in [6.45, 7) is 1.46. The normalized spacial score (nSPS) is 19.7. The highest BCUT2D eigenvalue weighted by atomic mass is 32.3. The molecular weight excluding hydrogens is 294 g/mol. The van der Waals surface area contributed by atoms with Crippen molar-refractivity contribution in [2.45, 2.75) is 0 Å². The fourth-order valence-corrected chi connectivity index (χ4v) is 4.21. The predicted molar refractivity (Wildman–Crippen MR) is 83.3 cm³/mol. The van der Waals surface area contributed by atoms with Crippen LogP contribution in [0.25, 0.3) is 10.9 Å². The minimum absolute atomic E-state index is 0.138. The van der Waals surface area contributed by atoms with Crippen LogP contribution in [0.15, 0.2) is 18.2 Å². The minimum Gasteiger partial charge on any atom is -0.350 e. The lowest BCUT2D eigenvalue weighted by atomic mass is 10.2. The summed E-state index contributed by atoms with van der Waals surface area (Å²) in [6.07, 6.45) is 4.55. The second-order valence-electron chi connectivity index (χ2n) is 6.00. The number of benzene rings is 1. The highest BCUT2D eigenvalue weighted by Crippen LogP contribution is 2.41. The molecule has 0 bridgehead atoms. The molecule has 1 saturated heterocycles. The third kappa shape index (κ3) is 2.77. The average Bonchev–Trinajstić information content (AvgIpc) is 2.82. The monoisotopic (exact) mass is 312 g/mol. The molecule has 6 heteroatoms. The van der Waals surface area contributed by atoms with Gasteiger partial charge in [-0.25, -0.2) is 18.8 Å². The number of carbonyl (C=O) groups is 1. The Morgan fingerprint density at radius 2 is 1.86 bits per heavy atom. The fourth-order valence-electron chi connectivity index (χ4n) is 2.58. The molecule has 114 valence electrons. The zero-order chi connectivity index (χ0) is 15.2. The molecule has 0 aliphatic carbocycles. The summed E-state index contributed by atoms with van der Waals surface area (Å²) in [4.78, 5) is 17.1. The zero-order valence-corrected chi connectivity index (χ0v) is 12.9.